The van der Waals surface area contributed by atoms with E-state index in [0.717, 1.165) is 30.1 Å². The lowest BCUT2D eigenvalue weighted by molar-refractivity contribution is -0.0763. The molecule has 1 aromatic carbocycles. The highest BCUT2D eigenvalue weighted by Crippen LogP contribution is 2.52. The first kappa shape index (κ1) is 15.6. The van der Waals surface area contributed by atoms with Crippen LogP contribution in [0, 0.1) is 11.3 Å². The monoisotopic (exact) mass is 318 g/mol. The molecule has 1 saturated carbocycles. The topological polar surface area (TPSA) is 48.9 Å². The number of hydrogen-bond donors (Lipinski definition) is 2. The average molecular weight is 319 g/mol. The summed E-state index contributed by atoms with van der Waals surface area (Å²) in [7, 11) is 0. The van der Waals surface area contributed by atoms with Crippen molar-refractivity contribution in [2.24, 2.45) is 11.3 Å². The number of aromatic amines is 1. The van der Waals surface area contributed by atoms with Gasteiger partial charge in [0.25, 0.3) is 0 Å². The highest BCUT2D eigenvalue weighted by atomic mass is 35.5. The smallest absolute Gasteiger partial charge is 0.108 e. The molecule has 1 aromatic heterocycles. The summed E-state index contributed by atoms with van der Waals surface area (Å²) < 4.78 is 0. The predicted molar refractivity (Wildman–Crippen MR) is 88.9 cm³/mol. The fraction of sp³-hybridized carbons (Fsp3) is 0.500. The average Bonchev–Trinajstić information content (AvgIpc) is 3.04. The second-order valence-electron chi connectivity index (χ2n) is 7.09. The number of benzene rings is 1. The zero-order valence-corrected chi connectivity index (χ0v) is 13.9. The Hall–Kier alpha value is -1.32. The van der Waals surface area contributed by atoms with Crippen LogP contribution >= 0.6 is 11.6 Å². The molecule has 0 saturated heterocycles. The van der Waals surface area contributed by atoms with Crippen LogP contribution in [-0.2, 0) is 12.8 Å². The van der Waals surface area contributed by atoms with Crippen LogP contribution in [0.5, 0.6) is 0 Å². The minimum Gasteiger partial charge on any atom is -0.389 e. The van der Waals surface area contributed by atoms with Gasteiger partial charge in [0.1, 0.15) is 5.82 Å². The van der Waals surface area contributed by atoms with Crippen molar-refractivity contribution in [3.8, 4) is 0 Å². The fourth-order valence-corrected chi connectivity index (χ4v) is 3.88. The molecule has 1 heterocycles. The lowest BCUT2D eigenvalue weighted by Gasteiger charge is -2.40. The summed E-state index contributed by atoms with van der Waals surface area (Å²) in [6.45, 7) is 4.33. The van der Waals surface area contributed by atoms with Crippen LogP contribution in [0.4, 0.5) is 0 Å². The van der Waals surface area contributed by atoms with E-state index in [2.05, 4.69) is 35.9 Å². The maximum Gasteiger partial charge on any atom is 0.108 e. The summed E-state index contributed by atoms with van der Waals surface area (Å²) in [6.07, 6.45) is 7.07. The summed E-state index contributed by atoms with van der Waals surface area (Å²) in [6, 6.07) is 7.95. The zero-order valence-electron chi connectivity index (χ0n) is 13.1. The van der Waals surface area contributed by atoms with Gasteiger partial charge in [-0.2, -0.15) is 0 Å². The Morgan fingerprint density at radius 3 is 2.68 bits per heavy atom. The van der Waals surface area contributed by atoms with Gasteiger partial charge in [-0.15, -0.1) is 0 Å². The molecule has 118 valence electrons. The van der Waals surface area contributed by atoms with Crippen LogP contribution in [-0.4, -0.2) is 20.7 Å². The van der Waals surface area contributed by atoms with Crippen molar-refractivity contribution in [1.82, 2.24) is 9.97 Å². The lowest BCUT2D eigenvalue weighted by atomic mass is 9.70. The van der Waals surface area contributed by atoms with Crippen LogP contribution in [0.3, 0.4) is 0 Å². The highest BCUT2D eigenvalue weighted by molar-refractivity contribution is 6.30. The number of nitrogens with zero attached hydrogens (tertiary/aromatic N) is 1. The second kappa shape index (κ2) is 5.71. The quantitative estimate of drug-likeness (QED) is 0.894. The molecular weight excluding hydrogens is 296 g/mol. The van der Waals surface area contributed by atoms with Crippen LogP contribution in [0.25, 0.3) is 0 Å². The summed E-state index contributed by atoms with van der Waals surface area (Å²) in [5.74, 6) is 1.09. The highest BCUT2D eigenvalue weighted by Gasteiger charge is 2.54. The number of imidazole rings is 1. The van der Waals surface area contributed by atoms with E-state index in [9.17, 15) is 5.11 Å². The van der Waals surface area contributed by atoms with Crippen LogP contribution in [0.2, 0.25) is 5.02 Å². The number of nitrogens with one attached hydrogen (secondary N) is 1. The van der Waals surface area contributed by atoms with Gasteiger partial charge in [0.05, 0.1) is 5.60 Å². The third-order valence-corrected chi connectivity index (χ3v) is 5.60. The van der Waals surface area contributed by atoms with Gasteiger partial charge in [-0.05, 0) is 48.3 Å². The number of aromatic nitrogens is 2. The third kappa shape index (κ3) is 2.80. The summed E-state index contributed by atoms with van der Waals surface area (Å²) in [5.41, 5.74) is 0.367. The van der Waals surface area contributed by atoms with E-state index in [-0.39, 0.29) is 11.3 Å². The molecule has 3 nitrogen and oxygen atoms in total. The first-order chi connectivity index (χ1) is 10.4. The third-order valence-electron chi connectivity index (χ3n) is 5.35. The molecule has 2 N–H and O–H groups in total. The fourth-order valence-electron chi connectivity index (χ4n) is 3.75. The van der Waals surface area contributed by atoms with Gasteiger partial charge < -0.3 is 10.1 Å². The molecule has 3 rings (SSSR count). The number of H-pyrrole nitrogens is 1. The van der Waals surface area contributed by atoms with Gasteiger partial charge in [0, 0.05) is 23.8 Å². The van der Waals surface area contributed by atoms with Crippen molar-refractivity contribution in [1.29, 1.82) is 0 Å². The van der Waals surface area contributed by atoms with Gasteiger partial charge in [-0.3, -0.25) is 0 Å². The SMILES string of the molecule is CC1(C)CCC(Cc2ccc(Cl)cc2)C1(O)Cc1ncc[nH]1. The molecule has 0 spiro atoms. The van der Waals surface area contributed by atoms with Gasteiger partial charge >= 0.3 is 0 Å². The van der Waals surface area contributed by atoms with Crippen molar-refractivity contribution in [3.05, 3.63) is 53.1 Å². The molecule has 0 bridgehead atoms. The number of hydrogen-bond acceptors (Lipinski definition) is 2. The van der Waals surface area contributed by atoms with E-state index in [1.54, 1.807) is 6.20 Å². The zero-order chi connectivity index (χ0) is 15.8. The van der Waals surface area contributed by atoms with Crippen molar-refractivity contribution >= 4 is 11.6 Å². The molecule has 2 atom stereocenters. The van der Waals surface area contributed by atoms with E-state index < -0.39 is 5.60 Å². The molecule has 1 aliphatic rings. The second-order valence-corrected chi connectivity index (χ2v) is 7.52. The first-order valence-electron chi connectivity index (χ1n) is 7.86. The van der Waals surface area contributed by atoms with Crippen molar-refractivity contribution in [3.63, 3.8) is 0 Å². The van der Waals surface area contributed by atoms with Gasteiger partial charge in [0.2, 0.25) is 0 Å². The maximum absolute atomic E-state index is 11.5. The van der Waals surface area contributed by atoms with E-state index >= 15 is 0 Å². The van der Waals surface area contributed by atoms with E-state index in [1.165, 1.54) is 5.56 Å². The van der Waals surface area contributed by atoms with E-state index in [1.807, 2.05) is 18.3 Å². The normalized spacial score (nSPS) is 27.2. The number of rotatable bonds is 4. The molecule has 4 heteroatoms. The number of aliphatic hydroxyl groups is 1. The Morgan fingerprint density at radius 2 is 2.05 bits per heavy atom. The lowest BCUT2D eigenvalue weighted by Crippen LogP contribution is -2.48. The minimum atomic E-state index is -0.746. The molecule has 0 aliphatic heterocycles. The Kier molecular flexibility index (Phi) is 4.04. The molecule has 1 aliphatic carbocycles. The first-order valence-corrected chi connectivity index (χ1v) is 8.24. The van der Waals surface area contributed by atoms with Crippen molar-refractivity contribution in [2.45, 2.75) is 45.1 Å². The van der Waals surface area contributed by atoms with E-state index in [4.69, 9.17) is 11.6 Å². The number of halogens is 1. The molecule has 2 unspecified atom stereocenters. The molecule has 0 amide bonds. The van der Waals surface area contributed by atoms with Crippen LogP contribution in [0.15, 0.2) is 36.7 Å². The van der Waals surface area contributed by atoms with Crippen LogP contribution < -0.4 is 0 Å². The minimum absolute atomic E-state index is 0.114. The Morgan fingerprint density at radius 1 is 1.32 bits per heavy atom. The van der Waals surface area contributed by atoms with Crippen LogP contribution in [0.1, 0.15) is 38.1 Å². The summed E-state index contributed by atoms with van der Waals surface area (Å²) in [4.78, 5) is 7.44. The standard InChI is InChI=1S/C18H23ClN2O/c1-17(2)8-7-14(11-13-3-5-15(19)6-4-13)18(17,22)12-16-20-9-10-21-16/h3-6,9-10,14,22H,7-8,11-12H2,1-2H3,(H,20,21). The Bertz CT molecular complexity index is 621. The van der Waals surface area contributed by atoms with Crippen molar-refractivity contribution in [2.75, 3.05) is 0 Å². The molecular formula is C18H23ClN2O. The molecule has 0 radical (unpaired) electrons. The maximum atomic E-state index is 11.5. The Labute approximate surface area is 136 Å². The summed E-state index contributed by atoms with van der Waals surface area (Å²) >= 11 is 5.96. The summed E-state index contributed by atoms with van der Waals surface area (Å²) in [5, 5.41) is 12.2. The van der Waals surface area contributed by atoms with Gasteiger partial charge in [-0.25, -0.2) is 4.98 Å². The van der Waals surface area contributed by atoms with E-state index in [0.29, 0.717) is 6.42 Å². The molecule has 22 heavy (non-hydrogen) atoms. The largest absolute Gasteiger partial charge is 0.389 e. The van der Waals surface area contributed by atoms with Crippen molar-refractivity contribution < 1.29 is 5.11 Å². The molecule has 2 aromatic rings. The molecule has 1 fully saturated rings. The Balaban J connectivity index is 1.84. The van der Waals surface area contributed by atoms with Gasteiger partial charge in [-0.1, -0.05) is 37.6 Å². The predicted octanol–water partition coefficient (Wildman–Crippen LogP) is 4.02. The van der Waals surface area contributed by atoms with Gasteiger partial charge in [0.15, 0.2) is 0 Å².